The maximum atomic E-state index is 13.3. The predicted molar refractivity (Wildman–Crippen MR) is 141 cm³/mol. The Hall–Kier alpha value is -3.45. The summed E-state index contributed by atoms with van der Waals surface area (Å²) in [5.74, 6) is 0.887. The molecule has 0 unspecified atom stereocenters. The van der Waals surface area contributed by atoms with Gasteiger partial charge >= 0.3 is 0 Å². The summed E-state index contributed by atoms with van der Waals surface area (Å²) < 4.78 is 44.9. The second-order valence-corrected chi connectivity index (χ2v) is 11.9. The summed E-state index contributed by atoms with van der Waals surface area (Å²) in [6.45, 7) is 4.38. The van der Waals surface area contributed by atoms with E-state index in [1.807, 2.05) is 11.8 Å². The van der Waals surface area contributed by atoms with Crippen LogP contribution in [0, 0.1) is 5.41 Å². The van der Waals surface area contributed by atoms with Gasteiger partial charge in [0.05, 0.1) is 42.6 Å². The van der Waals surface area contributed by atoms with Crippen LogP contribution in [0.5, 0.6) is 11.6 Å². The van der Waals surface area contributed by atoms with Gasteiger partial charge in [0.1, 0.15) is 17.5 Å². The zero-order valence-corrected chi connectivity index (χ0v) is 22.7. The average Bonchev–Trinajstić information content (AvgIpc) is 3.50. The molecule has 0 saturated carbocycles. The third-order valence-electron chi connectivity index (χ3n) is 7.14. The number of nitrogens with one attached hydrogen (secondary N) is 1. The molecule has 204 valence electrons. The molecule has 2 aliphatic heterocycles. The number of amides is 1. The number of fused-ring (bicyclic) bond motifs is 1. The topological polar surface area (TPSA) is 138 Å². The van der Waals surface area contributed by atoms with Crippen molar-refractivity contribution >= 4 is 32.7 Å². The van der Waals surface area contributed by atoms with E-state index in [9.17, 15) is 13.2 Å². The molecule has 0 aliphatic carbocycles. The first-order valence-electron chi connectivity index (χ1n) is 12.4. The Kier molecular flexibility index (Phi) is 6.90. The van der Waals surface area contributed by atoms with Crippen molar-refractivity contribution in [1.29, 1.82) is 0 Å². The molecule has 2 aliphatic rings. The van der Waals surface area contributed by atoms with Crippen LogP contribution in [-0.2, 0) is 26.6 Å². The first-order valence-corrected chi connectivity index (χ1v) is 14.3. The molecule has 13 heteroatoms. The van der Waals surface area contributed by atoms with Gasteiger partial charge < -0.3 is 19.1 Å². The van der Waals surface area contributed by atoms with Gasteiger partial charge in [-0.15, -0.1) is 0 Å². The average molecular weight is 545 g/mol. The van der Waals surface area contributed by atoms with E-state index in [-0.39, 0.29) is 23.6 Å². The van der Waals surface area contributed by atoms with Crippen LogP contribution in [0.4, 0.5) is 5.69 Å². The van der Waals surface area contributed by atoms with Crippen LogP contribution in [0.2, 0.25) is 0 Å². The molecule has 0 bridgehead atoms. The summed E-state index contributed by atoms with van der Waals surface area (Å²) in [4.78, 5) is 24.2. The van der Waals surface area contributed by atoms with E-state index in [1.54, 1.807) is 36.3 Å². The van der Waals surface area contributed by atoms with Crippen LogP contribution < -0.4 is 14.2 Å². The highest BCUT2D eigenvalue weighted by atomic mass is 32.2. The minimum atomic E-state index is -3.56. The number of hydrogen-bond acceptors (Lipinski definition) is 9. The smallest absolute Gasteiger partial charge is 0.238 e. The molecule has 3 aromatic rings. The van der Waals surface area contributed by atoms with Crippen molar-refractivity contribution in [2.24, 2.45) is 12.5 Å². The second-order valence-electron chi connectivity index (χ2n) is 10.1. The number of hydrogen-bond donors (Lipinski definition) is 1. The molecule has 1 N–H and O–H groups in total. The number of carbonyl (C=O) groups is 1. The maximum Gasteiger partial charge on any atom is 0.238 e. The molecule has 2 fully saturated rings. The Morgan fingerprint density at radius 3 is 2.71 bits per heavy atom. The Balaban J connectivity index is 1.43. The number of anilines is 1. The number of sulfonamides is 1. The highest BCUT2D eigenvalue weighted by Gasteiger charge is 2.41. The summed E-state index contributed by atoms with van der Waals surface area (Å²) in [6, 6.07) is 3.41. The van der Waals surface area contributed by atoms with Crippen LogP contribution in [0.1, 0.15) is 26.2 Å². The minimum Gasteiger partial charge on any atom is -0.488 e. The molecule has 38 heavy (non-hydrogen) atoms. The molecule has 0 aromatic carbocycles. The van der Waals surface area contributed by atoms with Gasteiger partial charge in [-0.3, -0.25) is 14.2 Å². The highest BCUT2D eigenvalue weighted by molar-refractivity contribution is 7.92. The molecular weight excluding hydrogens is 512 g/mol. The van der Waals surface area contributed by atoms with Gasteiger partial charge in [0.25, 0.3) is 0 Å². The first-order chi connectivity index (χ1) is 18.1. The summed E-state index contributed by atoms with van der Waals surface area (Å²) >= 11 is 0. The standard InChI is InChI=1S/C25H32N6O6S/c1-25(6-9-36-10-7-25)24(32)31-8-5-17(15-31)37-21-12-19(28-22-18(21)14-27-30(22)2)16-11-20(29-38(4,33)34)23(35-3)26-13-16/h11-14,17,29H,5-10,15H2,1-4H3/t17-/m1/s1. The van der Waals surface area contributed by atoms with E-state index in [0.717, 1.165) is 24.5 Å². The number of aryl methyl sites for hydroxylation is 1. The van der Waals surface area contributed by atoms with Gasteiger partial charge in [-0.1, -0.05) is 6.92 Å². The van der Waals surface area contributed by atoms with Crippen molar-refractivity contribution in [2.45, 2.75) is 32.3 Å². The molecule has 12 nitrogen and oxygen atoms in total. The van der Waals surface area contributed by atoms with Crippen molar-refractivity contribution in [3.63, 3.8) is 0 Å². The molecule has 1 atom stereocenters. The van der Waals surface area contributed by atoms with E-state index >= 15 is 0 Å². The normalized spacial score (nSPS) is 19.5. The quantitative estimate of drug-likeness (QED) is 0.474. The van der Waals surface area contributed by atoms with Crippen LogP contribution in [0.25, 0.3) is 22.3 Å². The second kappa shape index (κ2) is 10.0. The molecular formula is C25H32N6O6S. The zero-order valence-electron chi connectivity index (χ0n) is 21.9. The zero-order chi connectivity index (χ0) is 27.1. The Labute approximate surface area is 221 Å². The first kappa shape index (κ1) is 26.2. The predicted octanol–water partition coefficient (Wildman–Crippen LogP) is 2.21. The van der Waals surface area contributed by atoms with E-state index in [1.165, 1.54) is 7.11 Å². The molecule has 2 saturated heterocycles. The van der Waals surface area contributed by atoms with Crippen LogP contribution >= 0.6 is 0 Å². The summed E-state index contributed by atoms with van der Waals surface area (Å²) in [5, 5.41) is 5.09. The van der Waals surface area contributed by atoms with Gasteiger partial charge in [0.2, 0.25) is 21.8 Å². The number of ether oxygens (including phenoxy) is 3. The van der Waals surface area contributed by atoms with E-state index in [4.69, 9.17) is 19.2 Å². The molecule has 3 aromatic heterocycles. The van der Waals surface area contributed by atoms with Crippen LogP contribution in [-0.4, -0.2) is 84.7 Å². The molecule has 1 amide bonds. The Morgan fingerprint density at radius 1 is 1.24 bits per heavy atom. The summed E-state index contributed by atoms with van der Waals surface area (Å²) in [7, 11) is -0.354. The van der Waals surface area contributed by atoms with Gasteiger partial charge in [-0.25, -0.2) is 18.4 Å². The number of likely N-dealkylation sites (tertiary alicyclic amines) is 1. The lowest BCUT2D eigenvalue weighted by molar-refractivity contribution is -0.145. The molecule has 0 spiro atoms. The van der Waals surface area contributed by atoms with E-state index < -0.39 is 15.4 Å². The lowest BCUT2D eigenvalue weighted by Gasteiger charge is -2.35. The maximum absolute atomic E-state index is 13.3. The van der Waals surface area contributed by atoms with Crippen molar-refractivity contribution < 1.29 is 27.4 Å². The summed E-state index contributed by atoms with van der Waals surface area (Å²) in [5.41, 5.74) is 1.51. The number of nitrogens with zero attached hydrogens (tertiary/aromatic N) is 5. The number of methoxy groups -OCH3 is 1. The SMILES string of the molecule is COc1ncc(-c2cc(O[C@@H]3CCN(C(=O)C4(C)CCOCC4)C3)c3cnn(C)c3n2)cc1NS(C)(=O)=O. The van der Waals surface area contributed by atoms with Crippen molar-refractivity contribution in [3.8, 4) is 22.9 Å². The molecule has 5 heterocycles. The van der Waals surface area contributed by atoms with E-state index in [2.05, 4.69) is 14.8 Å². The van der Waals surface area contributed by atoms with Gasteiger partial charge in [-0.2, -0.15) is 5.10 Å². The van der Waals surface area contributed by atoms with Crippen LogP contribution in [0.15, 0.2) is 24.5 Å². The largest absolute Gasteiger partial charge is 0.488 e. The third kappa shape index (κ3) is 5.25. The van der Waals surface area contributed by atoms with Crippen molar-refractivity contribution in [1.82, 2.24) is 24.6 Å². The van der Waals surface area contributed by atoms with Gasteiger partial charge in [0.15, 0.2) is 5.65 Å². The number of rotatable bonds is 7. The lowest BCUT2D eigenvalue weighted by atomic mass is 9.81. The van der Waals surface area contributed by atoms with Crippen molar-refractivity contribution in [2.75, 3.05) is 44.4 Å². The number of pyridine rings is 2. The Morgan fingerprint density at radius 2 is 2.00 bits per heavy atom. The fraction of sp³-hybridized carbons (Fsp3) is 0.520. The monoisotopic (exact) mass is 544 g/mol. The molecule has 0 radical (unpaired) electrons. The third-order valence-corrected chi connectivity index (χ3v) is 7.73. The fourth-order valence-corrected chi connectivity index (χ4v) is 5.51. The Bertz CT molecular complexity index is 1470. The number of carbonyl (C=O) groups excluding carboxylic acids is 1. The summed E-state index contributed by atoms with van der Waals surface area (Å²) in [6.07, 6.45) is 6.30. The van der Waals surface area contributed by atoms with E-state index in [0.29, 0.717) is 55.4 Å². The van der Waals surface area contributed by atoms with Crippen molar-refractivity contribution in [3.05, 3.63) is 24.5 Å². The van der Waals surface area contributed by atoms with Gasteiger partial charge in [-0.05, 0) is 18.9 Å². The fourth-order valence-electron chi connectivity index (χ4n) is 4.96. The number of aromatic nitrogens is 4. The lowest BCUT2D eigenvalue weighted by Crippen LogP contribution is -2.44. The highest BCUT2D eigenvalue weighted by Crippen LogP contribution is 2.36. The minimum absolute atomic E-state index is 0.145. The van der Waals surface area contributed by atoms with Crippen LogP contribution in [0.3, 0.4) is 0 Å². The molecule has 5 rings (SSSR count). The van der Waals surface area contributed by atoms with Gasteiger partial charge in [0, 0.05) is 51.1 Å².